The van der Waals surface area contributed by atoms with Crippen LogP contribution in [0.3, 0.4) is 0 Å². The Bertz CT molecular complexity index is 604. The van der Waals surface area contributed by atoms with Crippen molar-refractivity contribution in [3.8, 4) is 0 Å². The Morgan fingerprint density at radius 2 is 1.75 bits per heavy atom. The van der Waals surface area contributed by atoms with Crippen molar-refractivity contribution in [2.24, 2.45) is 0 Å². The van der Waals surface area contributed by atoms with Crippen LogP contribution in [0.5, 0.6) is 0 Å². The average molecular weight is 285 g/mol. The molecule has 20 heavy (non-hydrogen) atoms. The molecule has 2 aliphatic rings. The van der Waals surface area contributed by atoms with Gasteiger partial charge in [-0.2, -0.15) is 0 Å². The van der Waals surface area contributed by atoms with Crippen molar-refractivity contribution in [3.63, 3.8) is 0 Å². The van der Waals surface area contributed by atoms with E-state index in [-0.39, 0.29) is 5.91 Å². The molecule has 3 heteroatoms. The van der Waals surface area contributed by atoms with Gasteiger partial charge in [0.25, 0.3) is 5.91 Å². The van der Waals surface area contributed by atoms with Gasteiger partial charge in [0.2, 0.25) is 0 Å². The lowest BCUT2D eigenvalue weighted by Crippen LogP contribution is -2.40. The molecule has 2 aliphatic carbocycles. The molecule has 0 saturated heterocycles. The lowest BCUT2D eigenvalue weighted by molar-refractivity contribution is 0.0669. The molecule has 1 heterocycles. The van der Waals surface area contributed by atoms with Gasteiger partial charge in [0.1, 0.15) is 0 Å². The second-order valence-corrected chi connectivity index (χ2v) is 7.11. The third-order valence-electron chi connectivity index (χ3n) is 4.53. The summed E-state index contributed by atoms with van der Waals surface area (Å²) in [6.07, 6.45) is 7.38. The van der Waals surface area contributed by atoms with Crippen LogP contribution in [-0.4, -0.2) is 22.9 Å². The van der Waals surface area contributed by atoms with E-state index in [0.717, 1.165) is 4.88 Å². The summed E-state index contributed by atoms with van der Waals surface area (Å²) < 4.78 is 1.22. The highest BCUT2D eigenvalue weighted by molar-refractivity contribution is 7.20. The fourth-order valence-corrected chi connectivity index (χ4v) is 4.39. The fourth-order valence-electron chi connectivity index (χ4n) is 3.38. The zero-order chi connectivity index (χ0) is 13.5. The van der Waals surface area contributed by atoms with Crippen molar-refractivity contribution in [1.82, 2.24) is 4.90 Å². The summed E-state index contributed by atoms with van der Waals surface area (Å²) in [6, 6.07) is 11.4. The average Bonchev–Trinajstić information content (AvgIpc) is 3.00. The molecular formula is C17H19NOS. The summed E-state index contributed by atoms with van der Waals surface area (Å²) in [5.74, 6) is 0.278. The normalized spacial score (nSPS) is 19.6. The van der Waals surface area contributed by atoms with Crippen molar-refractivity contribution in [1.29, 1.82) is 0 Å². The van der Waals surface area contributed by atoms with Gasteiger partial charge in [0, 0.05) is 16.8 Å². The molecule has 0 bridgehead atoms. The van der Waals surface area contributed by atoms with Gasteiger partial charge in [-0.15, -0.1) is 11.3 Å². The second-order valence-electron chi connectivity index (χ2n) is 6.03. The van der Waals surface area contributed by atoms with Crippen LogP contribution >= 0.6 is 11.3 Å². The van der Waals surface area contributed by atoms with Gasteiger partial charge >= 0.3 is 0 Å². The Balaban J connectivity index is 1.66. The number of rotatable bonds is 3. The van der Waals surface area contributed by atoms with Gasteiger partial charge in [-0.3, -0.25) is 4.79 Å². The number of nitrogens with zero attached hydrogens (tertiary/aromatic N) is 1. The maximum absolute atomic E-state index is 12.9. The van der Waals surface area contributed by atoms with E-state index in [1.807, 2.05) is 12.1 Å². The van der Waals surface area contributed by atoms with E-state index in [9.17, 15) is 4.79 Å². The van der Waals surface area contributed by atoms with E-state index in [1.165, 1.54) is 48.6 Å². The summed E-state index contributed by atoms with van der Waals surface area (Å²) in [5.41, 5.74) is 0. The van der Waals surface area contributed by atoms with Crippen LogP contribution in [0.25, 0.3) is 10.1 Å². The van der Waals surface area contributed by atoms with Gasteiger partial charge in [0.15, 0.2) is 0 Å². The molecule has 0 radical (unpaired) electrons. The molecule has 4 rings (SSSR count). The summed E-state index contributed by atoms with van der Waals surface area (Å²) >= 11 is 1.65. The van der Waals surface area contributed by atoms with Crippen LogP contribution < -0.4 is 0 Å². The Morgan fingerprint density at radius 3 is 2.45 bits per heavy atom. The van der Waals surface area contributed by atoms with E-state index in [4.69, 9.17) is 0 Å². The molecule has 2 fully saturated rings. The molecule has 1 amide bonds. The highest BCUT2D eigenvalue weighted by atomic mass is 32.1. The predicted molar refractivity (Wildman–Crippen MR) is 83.3 cm³/mol. The molecule has 1 aromatic heterocycles. The first-order valence-electron chi connectivity index (χ1n) is 7.64. The Labute approximate surface area is 123 Å². The van der Waals surface area contributed by atoms with Crippen molar-refractivity contribution >= 4 is 27.3 Å². The Hall–Kier alpha value is -1.35. The first-order chi connectivity index (χ1) is 9.83. The van der Waals surface area contributed by atoms with Crippen LogP contribution in [0.1, 0.15) is 48.2 Å². The molecule has 0 N–H and O–H groups in total. The van der Waals surface area contributed by atoms with E-state index in [0.29, 0.717) is 12.1 Å². The quantitative estimate of drug-likeness (QED) is 0.816. The minimum atomic E-state index is 0.278. The summed E-state index contributed by atoms with van der Waals surface area (Å²) in [4.78, 5) is 16.1. The minimum absolute atomic E-state index is 0.278. The molecule has 2 aromatic rings. The summed E-state index contributed by atoms with van der Waals surface area (Å²) in [6.45, 7) is 0. The molecule has 0 aliphatic heterocycles. The van der Waals surface area contributed by atoms with Gasteiger partial charge < -0.3 is 4.90 Å². The van der Waals surface area contributed by atoms with E-state index < -0.39 is 0 Å². The Kier molecular flexibility index (Phi) is 3.03. The third-order valence-corrected chi connectivity index (χ3v) is 5.63. The molecule has 1 aromatic carbocycles. The van der Waals surface area contributed by atoms with E-state index >= 15 is 0 Å². The number of amides is 1. The maximum Gasteiger partial charge on any atom is 0.264 e. The van der Waals surface area contributed by atoms with Crippen LogP contribution in [0.15, 0.2) is 30.3 Å². The van der Waals surface area contributed by atoms with Crippen LogP contribution in [0.4, 0.5) is 0 Å². The fraction of sp³-hybridized carbons (Fsp3) is 0.471. The molecular weight excluding hydrogens is 266 g/mol. The summed E-state index contributed by atoms with van der Waals surface area (Å²) in [5, 5.41) is 1.20. The zero-order valence-electron chi connectivity index (χ0n) is 11.5. The zero-order valence-corrected chi connectivity index (χ0v) is 12.4. The number of fused-ring (bicyclic) bond motifs is 1. The molecule has 0 atom stereocenters. The van der Waals surface area contributed by atoms with Crippen LogP contribution in [-0.2, 0) is 0 Å². The van der Waals surface area contributed by atoms with Crippen molar-refractivity contribution in [2.45, 2.75) is 50.6 Å². The highest BCUT2D eigenvalue weighted by Crippen LogP contribution is 2.37. The SMILES string of the molecule is O=C(c1cc2ccccc2s1)N(C1CCCC1)C1CC1. The number of hydrogen-bond donors (Lipinski definition) is 0. The first-order valence-corrected chi connectivity index (χ1v) is 8.46. The number of benzene rings is 1. The standard InChI is InChI=1S/C17H19NOS/c19-17(16-11-12-5-1-4-8-15(12)20-16)18(14-9-10-14)13-6-2-3-7-13/h1,4-5,8,11,13-14H,2-3,6-7,9-10H2. The van der Waals surface area contributed by atoms with Crippen molar-refractivity contribution < 1.29 is 4.79 Å². The Morgan fingerprint density at radius 1 is 1.05 bits per heavy atom. The van der Waals surface area contributed by atoms with Crippen LogP contribution in [0.2, 0.25) is 0 Å². The topological polar surface area (TPSA) is 20.3 Å². The third kappa shape index (κ3) is 2.14. The van der Waals surface area contributed by atoms with Crippen LogP contribution in [0, 0.1) is 0 Å². The lowest BCUT2D eigenvalue weighted by atomic mass is 10.2. The predicted octanol–water partition coefficient (Wildman–Crippen LogP) is 4.45. The second kappa shape index (κ2) is 4.88. The minimum Gasteiger partial charge on any atom is -0.332 e. The van der Waals surface area contributed by atoms with Crippen molar-refractivity contribution in [2.75, 3.05) is 0 Å². The van der Waals surface area contributed by atoms with Gasteiger partial charge in [0.05, 0.1) is 4.88 Å². The molecule has 0 spiro atoms. The number of hydrogen-bond acceptors (Lipinski definition) is 2. The number of carbonyl (C=O) groups is 1. The molecule has 0 unspecified atom stereocenters. The summed E-state index contributed by atoms with van der Waals surface area (Å²) in [7, 11) is 0. The van der Waals surface area contributed by atoms with Gasteiger partial charge in [-0.1, -0.05) is 31.0 Å². The smallest absolute Gasteiger partial charge is 0.264 e. The molecule has 2 saturated carbocycles. The number of thiophene rings is 1. The van der Waals surface area contributed by atoms with E-state index in [1.54, 1.807) is 11.3 Å². The maximum atomic E-state index is 12.9. The van der Waals surface area contributed by atoms with E-state index in [2.05, 4.69) is 23.1 Å². The highest BCUT2D eigenvalue weighted by Gasteiger charge is 2.39. The van der Waals surface area contributed by atoms with Crippen molar-refractivity contribution in [3.05, 3.63) is 35.2 Å². The van der Waals surface area contributed by atoms with Gasteiger partial charge in [-0.25, -0.2) is 0 Å². The largest absolute Gasteiger partial charge is 0.332 e. The number of carbonyl (C=O) groups excluding carboxylic acids is 1. The monoisotopic (exact) mass is 285 g/mol. The molecule has 2 nitrogen and oxygen atoms in total. The van der Waals surface area contributed by atoms with Gasteiger partial charge in [-0.05, 0) is 43.2 Å². The lowest BCUT2D eigenvalue weighted by Gasteiger charge is -2.28. The molecule has 104 valence electrons. The first kappa shape index (κ1) is 12.4.